The number of rotatable bonds is 6. The lowest BCUT2D eigenvalue weighted by atomic mass is 10.0. The Bertz CT molecular complexity index is 436. The van der Waals surface area contributed by atoms with Crippen LogP contribution < -0.4 is 5.32 Å². The summed E-state index contributed by atoms with van der Waals surface area (Å²) in [5.41, 5.74) is 0.828. The second-order valence-electron chi connectivity index (χ2n) is 3.81. The molecule has 0 aliphatic rings. The minimum atomic E-state index is -0.432. The Hall–Kier alpha value is -1.07. The highest BCUT2D eigenvalue weighted by Crippen LogP contribution is 2.20. The second kappa shape index (κ2) is 8.17. The van der Waals surface area contributed by atoms with Gasteiger partial charge in [-0.25, -0.2) is 0 Å². The molecule has 1 aromatic carbocycles. The number of hydrogen-bond acceptors (Lipinski definition) is 3. The number of benzene rings is 1. The summed E-state index contributed by atoms with van der Waals surface area (Å²) in [7, 11) is 0. The molecule has 0 unspecified atom stereocenters. The average molecular weight is 349 g/mol. The van der Waals surface area contributed by atoms with Gasteiger partial charge in [0.1, 0.15) is 5.88 Å². The molecule has 1 aromatic rings. The molecule has 0 saturated carbocycles. The van der Waals surface area contributed by atoms with E-state index in [0.717, 1.165) is 10.0 Å². The maximum Gasteiger partial charge on any atom is 0.308 e. The van der Waals surface area contributed by atoms with E-state index in [-0.39, 0.29) is 24.2 Å². The molecule has 0 fully saturated rings. The van der Waals surface area contributed by atoms with Crippen LogP contribution in [0.4, 0.5) is 0 Å². The van der Waals surface area contributed by atoms with Gasteiger partial charge >= 0.3 is 5.97 Å². The molecule has 0 spiro atoms. The molecule has 1 amide bonds. The number of carbonyl (C=O) groups excluding carboxylic acids is 2. The van der Waals surface area contributed by atoms with Gasteiger partial charge in [-0.15, -0.1) is 11.6 Å². The van der Waals surface area contributed by atoms with Gasteiger partial charge in [0.25, 0.3) is 0 Å². The fraction of sp³-hybridized carbons (Fsp3) is 0.385. The molecule has 0 saturated heterocycles. The summed E-state index contributed by atoms with van der Waals surface area (Å²) < 4.78 is 5.83. The van der Waals surface area contributed by atoms with E-state index in [1.54, 1.807) is 6.92 Å². The fourth-order valence-corrected chi connectivity index (χ4v) is 1.91. The zero-order valence-corrected chi connectivity index (χ0v) is 12.8. The maximum atomic E-state index is 11.5. The Morgan fingerprint density at radius 2 is 2.00 bits per heavy atom. The van der Waals surface area contributed by atoms with Crippen molar-refractivity contribution in [2.75, 3.05) is 12.5 Å². The van der Waals surface area contributed by atoms with Crippen molar-refractivity contribution in [3.8, 4) is 0 Å². The number of alkyl halides is 1. The summed E-state index contributed by atoms with van der Waals surface area (Å²) in [6.07, 6.45) is 0.0814. The molecule has 104 valence electrons. The number of carbonyl (C=O) groups is 2. The molecule has 4 nitrogen and oxygen atoms in total. The van der Waals surface area contributed by atoms with E-state index in [9.17, 15) is 9.59 Å². The van der Waals surface area contributed by atoms with Gasteiger partial charge in [-0.2, -0.15) is 0 Å². The van der Waals surface area contributed by atoms with E-state index in [1.807, 2.05) is 24.3 Å². The van der Waals surface area contributed by atoms with Crippen LogP contribution in [-0.2, 0) is 14.3 Å². The van der Waals surface area contributed by atoms with E-state index in [2.05, 4.69) is 21.2 Å². The Balaban J connectivity index is 2.82. The molecule has 0 aliphatic heterocycles. The summed E-state index contributed by atoms with van der Waals surface area (Å²) in [5.74, 6) is -0.820. The van der Waals surface area contributed by atoms with Crippen molar-refractivity contribution in [1.82, 2.24) is 5.32 Å². The number of halogens is 2. The van der Waals surface area contributed by atoms with Gasteiger partial charge in [0, 0.05) is 4.47 Å². The van der Waals surface area contributed by atoms with Crippen LogP contribution in [0, 0.1) is 0 Å². The third kappa shape index (κ3) is 5.61. The zero-order valence-electron chi connectivity index (χ0n) is 10.5. The number of hydrogen-bond donors (Lipinski definition) is 1. The lowest BCUT2D eigenvalue weighted by Crippen LogP contribution is -2.31. The fourth-order valence-electron chi connectivity index (χ4n) is 1.57. The minimum absolute atomic E-state index is 0.0814. The molecular weight excluding hydrogens is 334 g/mol. The molecule has 0 heterocycles. The molecule has 0 aliphatic carbocycles. The number of amides is 1. The van der Waals surface area contributed by atoms with Gasteiger partial charge < -0.3 is 10.1 Å². The summed E-state index contributed by atoms with van der Waals surface area (Å²) in [5, 5.41) is 2.70. The zero-order chi connectivity index (χ0) is 14.3. The standard InChI is InChI=1S/C13H15BrClNO3/c1-2-19-13(18)7-11(16-12(17)8-15)9-3-5-10(14)6-4-9/h3-6,11H,2,7-8H2,1H3,(H,16,17)/t11-/m1/s1. The van der Waals surface area contributed by atoms with Gasteiger partial charge in [-0.1, -0.05) is 28.1 Å². The Morgan fingerprint density at radius 1 is 1.37 bits per heavy atom. The van der Waals surface area contributed by atoms with Crippen LogP contribution in [0.2, 0.25) is 0 Å². The van der Waals surface area contributed by atoms with Crippen LogP contribution in [-0.4, -0.2) is 24.4 Å². The predicted octanol–water partition coefficient (Wildman–Crippen LogP) is 2.80. The van der Waals surface area contributed by atoms with Crippen molar-refractivity contribution >= 4 is 39.4 Å². The van der Waals surface area contributed by atoms with Crippen molar-refractivity contribution in [3.05, 3.63) is 34.3 Å². The lowest BCUT2D eigenvalue weighted by molar-refractivity contribution is -0.143. The van der Waals surface area contributed by atoms with Gasteiger partial charge in [0.15, 0.2) is 0 Å². The van der Waals surface area contributed by atoms with E-state index in [0.29, 0.717) is 6.61 Å². The highest BCUT2D eigenvalue weighted by Gasteiger charge is 2.18. The summed E-state index contributed by atoms with van der Waals surface area (Å²) in [6, 6.07) is 6.93. The molecule has 19 heavy (non-hydrogen) atoms. The van der Waals surface area contributed by atoms with Crippen molar-refractivity contribution in [2.24, 2.45) is 0 Å². The van der Waals surface area contributed by atoms with Gasteiger partial charge in [0.05, 0.1) is 19.1 Å². The number of ether oxygens (including phenoxy) is 1. The normalized spacial score (nSPS) is 11.7. The topological polar surface area (TPSA) is 55.4 Å². The lowest BCUT2D eigenvalue weighted by Gasteiger charge is -2.18. The smallest absolute Gasteiger partial charge is 0.308 e. The van der Waals surface area contributed by atoms with Crippen LogP contribution in [0.25, 0.3) is 0 Å². The molecule has 0 radical (unpaired) electrons. The monoisotopic (exact) mass is 347 g/mol. The summed E-state index contributed by atoms with van der Waals surface area (Å²) in [6.45, 7) is 2.05. The van der Waals surface area contributed by atoms with E-state index in [1.165, 1.54) is 0 Å². The van der Waals surface area contributed by atoms with Gasteiger partial charge in [-0.3, -0.25) is 9.59 Å². The third-order valence-electron chi connectivity index (χ3n) is 2.41. The van der Waals surface area contributed by atoms with Crippen molar-refractivity contribution in [3.63, 3.8) is 0 Å². The molecule has 0 bridgehead atoms. The van der Waals surface area contributed by atoms with Crippen LogP contribution >= 0.6 is 27.5 Å². The van der Waals surface area contributed by atoms with E-state index in [4.69, 9.17) is 16.3 Å². The largest absolute Gasteiger partial charge is 0.466 e. The number of nitrogens with one attached hydrogen (secondary N) is 1. The molecule has 1 atom stereocenters. The Kier molecular flexibility index (Phi) is 6.87. The summed E-state index contributed by atoms with van der Waals surface area (Å²) in [4.78, 5) is 22.9. The Labute approximate surface area is 125 Å². The van der Waals surface area contributed by atoms with Gasteiger partial charge in [-0.05, 0) is 24.6 Å². The Morgan fingerprint density at radius 3 is 2.53 bits per heavy atom. The van der Waals surface area contributed by atoms with E-state index >= 15 is 0 Å². The first kappa shape index (κ1) is 16.0. The predicted molar refractivity (Wildman–Crippen MR) is 77.0 cm³/mol. The first-order valence-corrected chi connectivity index (χ1v) is 7.16. The SMILES string of the molecule is CCOC(=O)C[C@@H](NC(=O)CCl)c1ccc(Br)cc1. The van der Waals surface area contributed by atoms with Crippen LogP contribution in [0.15, 0.2) is 28.7 Å². The first-order chi connectivity index (χ1) is 9.06. The highest BCUT2D eigenvalue weighted by atomic mass is 79.9. The van der Waals surface area contributed by atoms with Crippen LogP contribution in [0.5, 0.6) is 0 Å². The van der Waals surface area contributed by atoms with Gasteiger partial charge in [0.2, 0.25) is 5.91 Å². The first-order valence-electron chi connectivity index (χ1n) is 5.83. The van der Waals surface area contributed by atoms with E-state index < -0.39 is 6.04 Å². The molecule has 1 N–H and O–H groups in total. The van der Waals surface area contributed by atoms with Crippen LogP contribution in [0.3, 0.4) is 0 Å². The maximum absolute atomic E-state index is 11.5. The minimum Gasteiger partial charge on any atom is -0.466 e. The van der Waals surface area contributed by atoms with Crippen molar-refractivity contribution < 1.29 is 14.3 Å². The quantitative estimate of drug-likeness (QED) is 0.635. The average Bonchev–Trinajstić information content (AvgIpc) is 2.39. The second-order valence-corrected chi connectivity index (χ2v) is 5.00. The molecular formula is C13H15BrClNO3. The van der Waals surface area contributed by atoms with Crippen molar-refractivity contribution in [2.45, 2.75) is 19.4 Å². The molecule has 1 rings (SSSR count). The number of esters is 1. The summed E-state index contributed by atoms with van der Waals surface area (Å²) >= 11 is 8.81. The third-order valence-corrected chi connectivity index (χ3v) is 3.18. The van der Waals surface area contributed by atoms with Crippen LogP contribution in [0.1, 0.15) is 24.9 Å². The molecule has 6 heteroatoms. The highest BCUT2D eigenvalue weighted by molar-refractivity contribution is 9.10. The molecule has 0 aromatic heterocycles. The van der Waals surface area contributed by atoms with Crippen molar-refractivity contribution in [1.29, 1.82) is 0 Å².